The van der Waals surface area contributed by atoms with Crippen LogP contribution in [0.4, 0.5) is 11.6 Å². The summed E-state index contributed by atoms with van der Waals surface area (Å²) in [6.07, 6.45) is 13.6. The summed E-state index contributed by atoms with van der Waals surface area (Å²) in [4.78, 5) is 38.5. The largest absolute Gasteiger partial charge is 0.494 e. The molecule has 1 atom stereocenters. The molecule has 3 N–H and O–H groups in total. The molecule has 4 aliphatic heterocycles. The number of ether oxygens (including phenoxy) is 1. The van der Waals surface area contributed by atoms with Crippen LogP contribution in [0.5, 0.6) is 0 Å². The van der Waals surface area contributed by atoms with E-state index in [-0.39, 0.29) is 17.7 Å². The van der Waals surface area contributed by atoms with Gasteiger partial charge in [-0.1, -0.05) is 54.5 Å². The van der Waals surface area contributed by atoms with Crippen LogP contribution in [0.3, 0.4) is 0 Å². The maximum Gasteiger partial charge on any atom is 0.234 e. The van der Waals surface area contributed by atoms with E-state index in [4.69, 9.17) is 16.1 Å². The van der Waals surface area contributed by atoms with Crippen molar-refractivity contribution in [3.63, 3.8) is 0 Å². The Kier molecular flexibility index (Phi) is 11.7. The molecule has 10 nitrogen and oxygen atoms in total. The number of likely N-dealkylation sites (tertiary alicyclic amines) is 2. The van der Waals surface area contributed by atoms with Crippen molar-refractivity contribution in [3.05, 3.63) is 112 Å². The highest BCUT2D eigenvalue weighted by Crippen LogP contribution is 2.33. The van der Waals surface area contributed by atoms with Crippen molar-refractivity contribution in [2.75, 3.05) is 57.7 Å². The highest BCUT2D eigenvalue weighted by Gasteiger charge is 2.29. The van der Waals surface area contributed by atoms with Crippen LogP contribution in [-0.2, 0) is 14.3 Å². The van der Waals surface area contributed by atoms with E-state index in [9.17, 15) is 9.59 Å². The number of aromatic nitrogens is 2. The van der Waals surface area contributed by atoms with Crippen LogP contribution < -0.4 is 16.0 Å². The number of amides is 2. The van der Waals surface area contributed by atoms with Crippen LogP contribution in [0, 0.1) is 12.3 Å². The molecule has 3 aromatic carbocycles. The van der Waals surface area contributed by atoms with Gasteiger partial charge in [0.1, 0.15) is 12.4 Å². The molecule has 4 aliphatic rings. The Morgan fingerprint density at radius 2 is 1.51 bits per heavy atom. The van der Waals surface area contributed by atoms with E-state index in [1.807, 2.05) is 38.2 Å². The third-order valence-electron chi connectivity index (χ3n) is 12.4. The van der Waals surface area contributed by atoms with Crippen molar-refractivity contribution in [2.24, 2.45) is 0 Å². The van der Waals surface area contributed by atoms with E-state index in [0.29, 0.717) is 37.2 Å². The van der Waals surface area contributed by atoms with Crippen LogP contribution in [0.2, 0.25) is 0 Å². The Labute approximate surface area is 336 Å². The summed E-state index contributed by atoms with van der Waals surface area (Å²) in [5.41, 5.74) is 9.24. The number of nitrogens with zero attached hydrogens (tertiary/aromatic N) is 4. The fourth-order valence-corrected chi connectivity index (χ4v) is 8.99. The molecule has 3 fully saturated rings. The molecule has 5 heterocycles. The molecule has 0 aliphatic carbocycles. The van der Waals surface area contributed by atoms with Crippen LogP contribution in [0.25, 0.3) is 16.5 Å². The van der Waals surface area contributed by atoms with Gasteiger partial charge < -0.3 is 25.2 Å². The molecule has 0 bridgehead atoms. The number of piperidine rings is 3. The fourth-order valence-electron chi connectivity index (χ4n) is 8.99. The number of allylic oxidation sites excluding steroid dienone is 3. The zero-order valence-electron chi connectivity index (χ0n) is 33.2. The van der Waals surface area contributed by atoms with Gasteiger partial charge in [-0.05, 0) is 130 Å². The fraction of sp³-hybridized carbons (Fsp3) is 0.404. The molecule has 8 rings (SSSR count). The molecule has 0 spiro atoms. The Morgan fingerprint density at radius 3 is 2.12 bits per heavy atom. The average molecular weight is 764 g/mol. The lowest BCUT2D eigenvalue weighted by atomic mass is 9.86. The number of terminal acetylenes is 1. The highest BCUT2D eigenvalue weighted by atomic mass is 16.5. The van der Waals surface area contributed by atoms with Crippen molar-refractivity contribution in [2.45, 2.75) is 70.1 Å². The van der Waals surface area contributed by atoms with Gasteiger partial charge in [0, 0.05) is 48.9 Å². The molecule has 0 radical (unpaired) electrons. The summed E-state index contributed by atoms with van der Waals surface area (Å²) in [7, 11) is 0. The minimum Gasteiger partial charge on any atom is -0.494 e. The van der Waals surface area contributed by atoms with Crippen LogP contribution in [0.15, 0.2) is 90.0 Å². The third-order valence-corrected chi connectivity index (χ3v) is 12.4. The smallest absolute Gasteiger partial charge is 0.234 e. The number of imide groups is 1. The lowest BCUT2D eigenvalue weighted by molar-refractivity contribution is -0.134. The summed E-state index contributed by atoms with van der Waals surface area (Å²) >= 11 is 0. The first-order valence-electron chi connectivity index (χ1n) is 20.6. The Balaban J connectivity index is 0.792. The molecule has 0 saturated carbocycles. The number of fused-ring (bicyclic) bond motifs is 1. The van der Waals surface area contributed by atoms with E-state index in [1.165, 1.54) is 24.0 Å². The van der Waals surface area contributed by atoms with Crippen molar-refractivity contribution >= 4 is 39.9 Å². The third kappa shape index (κ3) is 8.90. The molecular weight excluding hydrogens is 711 g/mol. The highest BCUT2D eigenvalue weighted by molar-refractivity contribution is 6.01. The van der Waals surface area contributed by atoms with Crippen molar-refractivity contribution in [3.8, 4) is 12.3 Å². The Hall–Kier alpha value is -5.50. The van der Waals surface area contributed by atoms with Crippen LogP contribution >= 0.6 is 0 Å². The second-order valence-corrected chi connectivity index (χ2v) is 16.0. The number of hydrogen-bond acceptors (Lipinski definition) is 9. The summed E-state index contributed by atoms with van der Waals surface area (Å²) < 4.78 is 5.76. The van der Waals surface area contributed by atoms with Gasteiger partial charge in [0.25, 0.3) is 0 Å². The first-order chi connectivity index (χ1) is 27.8. The zero-order valence-corrected chi connectivity index (χ0v) is 33.2. The first-order valence-corrected chi connectivity index (χ1v) is 20.6. The van der Waals surface area contributed by atoms with E-state index in [1.54, 1.807) is 0 Å². The number of hydrogen-bond donors (Lipinski definition) is 3. The molecule has 10 heteroatoms. The quantitative estimate of drug-likeness (QED) is 0.114. The van der Waals surface area contributed by atoms with E-state index in [0.717, 1.165) is 109 Å². The van der Waals surface area contributed by atoms with Gasteiger partial charge in [0.2, 0.25) is 17.8 Å². The number of rotatable bonds is 10. The summed E-state index contributed by atoms with van der Waals surface area (Å²) in [6, 6.07) is 23.4. The van der Waals surface area contributed by atoms with Crippen molar-refractivity contribution in [1.82, 2.24) is 30.4 Å². The van der Waals surface area contributed by atoms with Crippen molar-refractivity contribution < 1.29 is 14.3 Å². The zero-order chi connectivity index (χ0) is 39.3. The minimum atomic E-state index is -0.217. The SMILES string of the molecule is C#C/C(=C(/C)C1=C(C)OCCN1)c1ccc2cnc(Nc3ccc(C4CCN(CCN5CCC(c6ccc(C7CCC(=O)NC7=O)cc6)CC5)CC4)cc3)nc2c1. The van der Waals surface area contributed by atoms with Crippen LogP contribution in [0.1, 0.15) is 92.4 Å². The normalized spacial score (nSPS) is 20.7. The van der Waals surface area contributed by atoms with Gasteiger partial charge in [-0.15, -0.1) is 6.42 Å². The number of nitrogens with one attached hydrogen (secondary N) is 3. The minimum absolute atomic E-state index is 0.165. The summed E-state index contributed by atoms with van der Waals surface area (Å²) in [6.45, 7) is 12.1. The topological polar surface area (TPSA) is 112 Å². The van der Waals surface area contributed by atoms with E-state index in [2.05, 4.69) is 85.2 Å². The predicted octanol–water partition coefficient (Wildman–Crippen LogP) is 7.21. The van der Waals surface area contributed by atoms with E-state index < -0.39 is 0 Å². The van der Waals surface area contributed by atoms with Gasteiger partial charge in [0.05, 0.1) is 17.1 Å². The summed E-state index contributed by atoms with van der Waals surface area (Å²) in [5.74, 6) is 4.88. The second-order valence-electron chi connectivity index (χ2n) is 16.0. The monoisotopic (exact) mass is 763 g/mol. The molecule has 294 valence electrons. The average Bonchev–Trinajstić information content (AvgIpc) is 3.24. The number of carbonyl (C=O) groups excluding carboxylic acids is 2. The Bertz CT molecular complexity index is 2210. The maximum atomic E-state index is 12.3. The number of anilines is 2. The molecule has 2 amide bonds. The molecule has 57 heavy (non-hydrogen) atoms. The summed E-state index contributed by atoms with van der Waals surface area (Å²) in [5, 5.41) is 10.3. The predicted molar refractivity (Wildman–Crippen MR) is 226 cm³/mol. The first kappa shape index (κ1) is 38.4. The molecule has 1 unspecified atom stereocenters. The molecule has 1 aromatic heterocycles. The second kappa shape index (κ2) is 17.3. The standard InChI is InChI=1S/C47H53N7O3/c1-4-41(31(2)45-32(3)57-28-21-48-45)38-9-10-39-30-49-47(51-43(39)29-38)50-40-13-11-34(12-14-40)36-19-24-54(25-20-36)27-26-53-22-17-35(18-23-53)33-5-7-37(8-6-33)42-15-16-44(55)52-46(42)56/h1,5-14,29-30,35-36,42,48H,15-28H2,2-3H3,(H,49,50,51)(H,52,55,56)/b41-31+. The number of carbonyl (C=O) groups is 2. The van der Waals surface area contributed by atoms with Gasteiger partial charge in [-0.25, -0.2) is 9.97 Å². The van der Waals surface area contributed by atoms with Gasteiger partial charge in [0.15, 0.2) is 0 Å². The van der Waals surface area contributed by atoms with Crippen molar-refractivity contribution in [1.29, 1.82) is 0 Å². The van der Waals surface area contributed by atoms with Gasteiger partial charge >= 0.3 is 0 Å². The Morgan fingerprint density at radius 1 is 0.877 bits per heavy atom. The lowest BCUT2D eigenvalue weighted by Gasteiger charge is -2.36. The lowest BCUT2D eigenvalue weighted by Crippen LogP contribution is -2.41. The van der Waals surface area contributed by atoms with E-state index >= 15 is 0 Å². The molecular formula is C47H53N7O3. The maximum absolute atomic E-state index is 12.3. The van der Waals surface area contributed by atoms with Crippen LogP contribution in [-0.4, -0.2) is 84.0 Å². The molecule has 4 aromatic rings. The molecule has 3 saturated heterocycles. The van der Waals surface area contributed by atoms with Gasteiger partial charge in [-0.3, -0.25) is 14.9 Å². The number of benzene rings is 3. The van der Waals surface area contributed by atoms with Gasteiger partial charge in [-0.2, -0.15) is 0 Å².